The number of nitrogens with one attached hydrogen (secondary N) is 1. The van der Waals surface area contributed by atoms with Gasteiger partial charge < -0.3 is 10.1 Å². The molecule has 2 aromatic heterocycles. The summed E-state index contributed by atoms with van der Waals surface area (Å²) in [5, 5.41) is 11.8. The van der Waals surface area contributed by atoms with Crippen molar-refractivity contribution < 1.29 is 4.74 Å². The van der Waals surface area contributed by atoms with Gasteiger partial charge in [-0.15, -0.1) is 0 Å². The fourth-order valence-electron chi connectivity index (χ4n) is 1.44. The van der Waals surface area contributed by atoms with Gasteiger partial charge in [-0.05, 0) is 23.8 Å². The Labute approximate surface area is 105 Å². The van der Waals surface area contributed by atoms with Gasteiger partial charge in [0.05, 0.1) is 19.0 Å². The van der Waals surface area contributed by atoms with Crippen LogP contribution in [-0.2, 0) is 6.54 Å². The molecule has 0 spiro atoms. The van der Waals surface area contributed by atoms with Crippen LogP contribution in [0.1, 0.15) is 11.3 Å². The molecule has 5 nitrogen and oxygen atoms in total. The van der Waals surface area contributed by atoms with Crippen LogP contribution in [0.15, 0.2) is 36.7 Å². The van der Waals surface area contributed by atoms with Crippen molar-refractivity contribution in [3.63, 3.8) is 0 Å². The number of rotatable bonds is 4. The third-order valence-corrected chi connectivity index (χ3v) is 2.38. The first-order chi connectivity index (χ1) is 8.81. The molecule has 2 heterocycles. The lowest BCUT2D eigenvalue weighted by Crippen LogP contribution is -2.00. The largest absolute Gasteiger partial charge is 0.481 e. The first kappa shape index (κ1) is 11.9. The van der Waals surface area contributed by atoms with Gasteiger partial charge in [-0.25, -0.2) is 9.97 Å². The molecule has 0 unspecified atom stereocenters. The number of pyridine rings is 2. The number of hydrogen-bond donors (Lipinski definition) is 1. The van der Waals surface area contributed by atoms with Crippen LogP contribution in [0, 0.1) is 11.3 Å². The maximum Gasteiger partial charge on any atom is 0.213 e. The lowest BCUT2D eigenvalue weighted by atomic mass is 10.2. The Hall–Kier alpha value is -2.61. The van der Waals surface area contributed by atoms with Crippen molar-refractivity contribution in [2.24, 2.45) is 0 Å². The van der Waals surface area contributed by atoms with Crippen LogP contribution < -0.4 is 10.1 Å². The van der Waals surface area contributed by atoms with Crippen LogP contribution in [0.2, 0.25) is 0 Å². The third kappa shape index (κ3) is 2.95. The maximum absolute atomic E-state index is 8.64. The predicted molar refractivity (Wildman–Crippen MR) is 67.1 cm³/mol. The molecule has 0 aliphatic carbocycles. The highest BCUT2D eigenvalue weighted by Gasteiger charge is 1.98. The van der Waals surface area contributed by atoms with Gasteiger partial charge in [0.25, 0.3) is 0 Å². The highest BCUT2D eigenvalue weighted by molar-refractivity contribution is 5.43. The second-order valence-electron chi connectivity index (χ2n) is 3.60. The van der Waals surface area contributed by atoms with Gasteiger partial charge in [0, 0.05) is 18.8 Å². The summed E-state index contributed by atoms with van der Waals surface area (Å²) in [4.78, 5) is 8.02. The lowest BCUT2D eigenvalue weighted by molar-refractivity contribution is 0.397. The van der Waals surface area contributed by atoms with Crippen LogP contribution in [0.5, 0.6) is 5.88 Å². The Bertz CT molecular complexity index is 560. The molecule has 1 N–H and O–H groups in total. The first-order valence-electron chi connectivity index (χ1n) is 5.41. The van der Waals surface area contributed by atoms with Gasteiger partial charge >= 0.3 is 0 Å². The van der Waals surface area contributed by atoms with Crippen LogP contribution >= 0.6 is 0 Å². The molecular formula is C13H12N4O. The highest BCUT2D eigenvalue weighted by atomic mass is 16.5. The standard InChI is InChI=1S/C13H12N4O/c1-18-13-6-10(4-5-15-13)8-16-12-3-2-11(7-14)17-9-12/h2-6,9,16H,8H2,1H3. The van der Waals surface area contributed by atoms with Gasteiger partial charge in [0.2, 0.25) is 5.88 Å². The minimum Gasteiger partial charge on any atom is -0.481 e. The Morgan fingerprint density at radius 3 is 2.89 bits per heavy atom. The van der Waals surface area contributed by atoms with Crippen molar-refractivity contribution in [1.82, 2.24) is 9.97 Å². The number of ether oxygens (including phenoxy) is 1. The smallest absolute Gasteiger partial charge is 0.213 e. The topological polar surface area (TPSA) is 70.8 Å². The van der Waals surface area contributed by atoms with Gasteiger partial charge in [-0.2, -0.15) is 5.26 Å². The number of nitrogens with zero attached hydrogens (tertiary/aromatic N) is 3. The average Bonchev–Trinajstić information content (AvgIpc) is 2.46. The van der Waals surface area contributed by atoms with Crippen LogP contribution in [0.3, 0.4) is 0 Å². The monoisotopic (exact) mass is 240 g/mol. The zero-order chi connectivity index (χ0) is 12.8. The Morgan fingerprint density at radius 2 is 2.22 bits per heavy atom. The van der Waals surface area contributed by atoms with Crippen molar-refractivity contribution in [2.45, 2.75) is 6.54 Å². The van der Waals surface area contributed by atoms with E-state index in [9.17, 15) is 0 Å². The van der Waals surface area contributed by atoms with Crippen molar-refractivity contribution >= 4 is 5.69 Å². The molecule has 2 aromatic rings. The molecule has 0 aliphatic heterocycles. The molecule has 0 saturated carbocycles. The van der Waals surface area contributed by atoms with Gasteiger partial charge in [-0.1, -0.05) is 0 Å². The van der Waals surface area contributed by atoms with Crippen molar-refractivity contribution in [3.05, 3.63) is 47.9 Å². The number of hydrogen-bond acceptors (Lipinski definition) is 5. The number of anilines is 1. The Morgan fingerprint density at radius 1 is 1.33 bits per heavy atom. The van der Waals surface area contributed by atoms with Crippen LogP contribution in [0.4, 0.5) is 5.69 Å². The number of methoxy groups -OCH3 is 1. The highest BCUT2D eigenvalue weighted by Crippen LogP contribution is 2.11. The summed E-state index contributed by atoms with van der Waals surface area (Å²) < 4.78 is 5.05. The van der Waals surface area contributed by atoms with E-state index in [1.807, 2.05) is 24.3 Å². The lowest BCUT2D eigenvalue weighted by Gasteiger charge is -2.06. The molecule has 0 atom stereocenters. The zero-order valence-corrected chi connectivity index (χ0v) is 9.92. The summed E-state index contributed by atoms with van der Waals surface area (Å²) in [5.74, 6) is 0.590. The van der Waals surface area contributed by atoms with E-state index < -0.39 is 0 Å². The Kier molecular flexibility index (Phi) is 3.72. The van der Waals surface area contributed by atoms with E-state index >= 15 is 0 Å². The summed E-state index contributed by atoms with van der Waals surface area (Å²) >= 11 is 0. The molecule has 0 fully saturated rings. The van der Waals surface area contributed by atoms with E-state index in [1.54, 1.807) is 25.6 Å². The van der Waals surface area contributed by atoms with Crippen LogP contribution in [-0.4, -0.2) is 17.1 Å². The third-order valence-electron chi connectivity index (χ3n) is 2.38. The molecule has 0 saturated heterocycles. The maximum atomic E-state index is 8.64. The molecule has 0 aliphatic rings. The molecule has 0 amide bonds. The van der Waals surface area contributed by atoms with Gasteiger partial charge in [0.1, 0.15) is 11.8 Å². The first-order valence-corrected chi connectivity index (χ1v) is 5.41. The van der Waals surface area contributed by atoms with Crippen molar-refractivity contribution in [2.75, 3.05) is 12.4 Å². The molecule has 5 heteroatoms. The average molecular weight is 240 g/mol. The van der Waals surface area contributed by atoms with Gasteiger partial charge in [0.15, 0.2) is 0 Å². The molecule has 18 heavy (non-hydrogen) atoms. The van der Waals surface area contributed by atoms with E-state index in [1.165, 1.54) is 0 Å². The summed E-state index contributed by atoms with van der Waals surface area (Å²) in [5.41, 5.74) is 2.34. The van der Waals surface area contributed by atoms with E-state index in [4.69, 9.17) is 10.00 Å². The summed E-state index contributed by atoms with van der Waals surface area (Å²) in [6.07, 6.45) is 3.34. The SMILES string of the molecule is COc1cc(CNc2ccc(C#N)nc2)ccn1. The molecular weight excluding hydrogens is 228 g/mol. The second-order valence-corrected chi connectivity index (χ2v) is 3.60. The summed E-state index contributed by atoms with van der Waals surface area (Å²) in [6.45, 7) is 0.645. The molecule has 0 aromatic carbocycles. The summed E-state index contributed by atoms with van der Waals surface area (Å²) in [6, 6.07) is 9.25. The predicted octanol–water partition coefficient (Wildman–Crippen LogP) is 1.97. The second kappa shape index (κ2) is 5.64. The zero-order valence-electron chi connectivity index (χ0n) is 9.92. The van der Waals surface area contributed by atoms with Gasteiger partial charge in [-0.3, -0.25) is 0 Å². The normalized spacial score (nSPS) is 9.56. The molecule has 0 radical (unpaired) electrons. The number of nitriles is 1. The number of aromatic nitrogens is 2. The van der Waals surface area contributed by atoms with Crippen molar-refractivity contribution in [3.8, 4) is 11.9 Å². The van der Waals surface area contributed by atoms with Crippen LogP contribution in [0.25, 0.3) is 0 Å². The van der Waals surface area contributed by atoms with E-state index in [-0.39, 0.29) is 0 Å². The minimum absolute atomic E-state index is 0.408. The van der Waals surface area contributed by atoms with E-state index in [0.29, 0.717) is 18.1 Å². The minimum atomic E-state index is 0.408. The van der Waals surface area contributed by atoms with E-state index in [0.717, 1.165) is 11.3 Å². The quantitative estimate of drug-likeness (QED) is 0.884. The molecule has 2 rings (SSSR count). The molecule has 90 valence electrons. The Balaban J connectivity index is 2.00. The molecule has 0 bridgehead atoms. The summed E-state index contributed by atoms with van der Waals surface area (Å²) in [7, 11) is 1.59. The van der Waals surface area contributed by atoms with Crippen molar-refractivity contribution in [1.29, 1.82) is 5.26 Å². The fraction of sp³-hybridized carbons (Fsp3) is 0.154. The van der Waals surface area contributed by atoms with E-state index in [2.05, 4.69) is 15.3 Å². The fourth-order valence-corrected chi connectivity index (χ4v) is 1.44.